The third kappa shape index (κ3) is 4.29. The molecule has 0 radical (unpaired) electrons. The fourth-order valence-electron chi connectivity index (χ4n) is 1.94. The molecule has 2 rings (SSSR count). The fourth-order valence-corrected chi connectivity index (χ4v) is 3.80. The summed E-state index contributed by atoms with van der Waals surface area (Å²) in [6, 6.07) is 5.22. The van der Waals surface area contributed by atoms with E-state index in [-0.39, 0.29) is 14.9 Å². The second-order valence-electron chi connectivity index (χ2n) is 5.11. The molecule has 0 aromatic heterocycles. The third-order valence-corrected chi connectivity index (χ3v) is 5.78. The Kier molecular flexibility index (Phi) is 6.17. The smallest absolute Gasteiger partial charge is 0.244 e. The largest absolute Gasteiger partial charge is 0.322 e. The highest BCUT2D eigenvalue weighted by Gasteiger charge is 2.26. The molecular formula is C15H11Cl2F3N2O3S. The number of nitrogens with zero attached hydrogens (tertiary/aromatic N) is 1. The van der Waals surface area contributed by atoms with Crippen LogP contribution in [0.3, 0.4) is 0 Å². The Bertz CT molecular complexity index is 971. The Morgan fingerprint density at radius 2 is 1.77 bits per heavy atom. The van der Waals surface area contributed by atoms with Crippen LogP contribution in [0, 0.1) is 17.5 Å². The molecule has 2 aromatic rings. The lowest BCUT2D eigenvalue weighted by Crippen LogP contribution is -2.35. The molecule has 0 saturated carbocycles. The molecule has 0 aliphatic heterocycles. The van der Waals surface area contributed by atoms with Crippen molar-refractivity contribution in [3.05, 3.63) is 57.8 Å². The summed E-state index contributed by atoms with van der Waals surface area (Å²) >= 11 is 11.6. The Hall–Kier alpha value is -1.81. The quantitative estimate of drug-likeness (QED) is 0.741. The third-order valence-electron chi connectivity index (χ3n) is 3.26. The highest BCUT2D eigenvalue weighted by Crippen LogP contribution is 2.27. The van der Waals surface area contributed by atoms with Crippen LogP contribution in [0.15, 0.2) is 35.2 Å². The van der Waals surface area contributed by atoms with Gasteiger partial charge in [-0.05, 0) is 30.3 Å². The molecule has 5 nitrogen and oxygen atoms in total. The molecule has 0 aliphatic rings. The zero-order valence-corrected chi connectivity index (χ0v) is 15.4. The average molecular weight is 427 g/mol. The zero-order valence-electron chi connectivity index (χ0n) is 13.1. The summed E-state index contributed by atoms with van der Waals surface area (Å²) in [5, 5.41) is 1.99. The number of hydrogen-bond acceptors (Lipinski definition) is 3. The average Bonchev–Trinajstić information content (AvgIpc) is 2.57. The van der Waals surface area contributed by atoms with E-state index in [2.05, 4.69) is 0 Å². The van der Waals surface area contributed by atoms with E-state index in [9.17, 15) is 26.4 Å². The topological polar surface area (TPSA) is 66.5 Å². The molecule has 26 heavy (non-hydrogen) atoms. The van der Waals surface area contributed by atoms with Gasteiger partial charge in [-0.2, -0.15) is 4.31 Å². The molecule has 0 bridgehead atoms. The second-order valence-corrected chi connectivity index (χ2v) is 7.96. The number of sulfonamides is 1. The molecule has 0 saturated heterocycles. The number of amides is 1. The van der Waals surface area contributed by atoms with Gasteiger partial charge in [0.15, 0.2) is 17.5 Å². The van der Waals surface area contributed by atoms with Crippen molar-refractivity contribution in [1.82, 2.24) is 4.31 Å². The fraction of sp³-hybridized carbons (Fsp3) is 0.133. The van der Waals surface area contributed by atoms with E-state index in [0.29, 0.717) is 10.4 Å². The number of anilines is 1. The van der Waals surface area contributed by atoms with Crippen molar-refractivity contribution in [3.63, 3.8) is 0 Å². The van der Waals surface area contributed by atoms with Crippen LogP contribution < -0.4 is 5.32 Å². The summed E-state index contributed by atoms with van der Waals surface area (Å²) in [7, 11) is -3.09. The summed E-state index contributed by atoms with van der Waals surface area (Å²) in [5.74, 6) is -5.74. The molecule has 0 heterocycles. The van der Waals surface area contributed by atoms with E-state index in [1.54, 1.807) is 0 Å². The molecular weight excluding hydrogens is 416 g/mol. The maximum atomic E-state index is 13.6. The number of benzene rings is 2. The maximum absolute atomic E-state index is 13.6. The van der Waals surface area contributed by atoms with E-state index in [0.717, 1.165) is 19.2 Å². The van der Waals surface area contributed by atoms with Crippen LogP contribution >= 0.6 is 23.2 Å². The number of carbonyl (C=O) groups excluding carboxylic acids is 1. The molecule has 11 heteroatoms. The van der Waals surface area contributed by atoms with Gasteiger partial charge in [0.2, 0.25) is 15.9 Å². The summed E-state index contributed by atoms with van der Waals surface area (Å²) in [4.78, 5) is 11.6. The highest BCUT2D eigenvalue weighted by atomic mass is 35.5. The van der Waals surface area contributed by atoms with E-state index in [4.69, 9.17) is 23.2 Å². The molecule has 1 N–H and O–H groups in total. The lowest BCUT2D eigenvalue weighted by atomic mass is 10.3. The predicted octanol–water partition coefficient (Wildman–Crippen LogP) is 3.67. The van der Waals surface area contributed by atoms with Crippen LogP contribution in [0.25, 0.3) is 0 Å². The number of likely N-dealkylation sites (N-methyl/N-ethyl adjacent to an activating group) is 1. The van der Waals surface area contributed by atoms with Gasteiger partial charge >= 0.3 is 0 Å². The number of hydrogen-bond donors (Lipinski definition) is 1. The van der Waals surface area contributed by atoms with Crippen LogP contribution in [0.1, 0.15) is 0 Å². The van der Waals surface area contributed by atoms with Gasteiger partial charge < -0.3 is 5.32 Å². The zero-order chi connectivity index (χ0) is 19.6. The first-order chi connectivity index (χ1) is 12.0. The SMILES string of the molecule is CN(CC(=O)Nc1ccc(F)c(F)c1F)S(=O)(=O)c1cc(Cl)ccc1Cl. The van der Waals surface area contributed by atoms with Crippen LogP contribution in [0.2, 0.25) is 10.0 Å². The summed E-state index contributed by atoms with van der Waals surface area (Å²) < 4.78 is 65.2. The molecule has 140 valence electrons. The van der Waals surface area contributed by atoms with Gasteiger partial charge in [-0.25, -0.2) is 21.6 Å². The summed E-state index contributed by atoms with van der Waals surface area (Å²) in [6.07, 6.45) is 0. The maximum Gasteiger partial charge on any atom is 0.244 e. The van der Waals surface area contributed by atoms with Gasteiger partial charge in [-0.1, -0.05) is 23.2 Å². The first kappa shape index (κ1) is 20.5. The van der Waals surface area contributed by atoms with Crippen LogP contribution in [0.4, 0.5) is 18.9 Å². The van der Waals surface area contributed by atoms with E-state index >= 15 is 0 Å². The molecule has 0 aliphatic carbocycles. The van der Waals surface area contributed by atoms with E-state index in [1.807, 2.05) is 5.32 Å². The number of nitrogens with one attached hydrogen (secondary N) is 1. The highest BCUT2D eigenvalue weighted by molar-refractivity contribution is 7.89. The summed E-state index contributed by atoms with van der Waals surface area (Å²) in [6.45, 7) is -0.733. The normalized spacial score (nSPS) is 11.7. The minimum atomic E-state index is -4.18. The van der Waals surface area contributed by atoms with Gasteiger partial charge in [0.25, 0.3) is 0 Å². The Morgan fingerprint density at radius 3 is 2.42 bits per heavy atom. The van der Waals surface area contributed by atoms with Crippen LogP contribution in [-0.4, -0.2) is 32.2 Å². The van der Waals surface area contributed by atoms with Crippen LogP contribution in [0.5, 0.6) is 0 Å². The van der Waals surface area contributed by atoms with Gasteiger partial charge in [0.1, 0.15) is 4.90 Å². The van der Waals surface area contributed by atoms with Crippen molar-refractivity contribution in [2.75, 3.05) is 18.9 Å². The van der Waals surface area contributed by atoms with Crippen molar-refractivity contribution in [2.45, 2.75) is 4.90 Å². The molecule has 0 spiro atoms. The van der Waals surface area contributed by atoms with Gasteiger partial charge in [0, 0.05) is 12.1 Å². The Labute approximate surface area is 157 Å². The Morgan fingerprint density at radius 1 is 1.12 bits per heavy atom. The minimum Gasteiger partial charge on any atom is -0.322 e. The van der Waals surface area contributed by atoms with Crippen molar-refractivity contribution in [1.29, 1.82) is 0 Å². The molecule has 1 amide bonds. The standard InChI is InChI=1S/C15H11Cl2F3N2O3S/c1-22(26(24,25)12-6-8(16)2-3-9(12)17)7-13(23)21-11-5-4-10(18)14(19)15(11)20/h2-6H,7H2,1H3,(H,21,23). The lowest BCUT2D eigenvalue weighted by molar-refractivity contribution is -0.116. The van der Waals surface area contributed by atoms with Crippen LogP contribution in [-0.2, 0) is 14.8 Å². The summed E-state index contributed by atoms with van der Waals surface area (Å²) in [5.41, 5.74) is -0.625. The number of halogens is 5. The molecule has 2 aromatic carbocycles. The number of rotatable bonds is 5. The van der Waals surface area contributed by atoms with Gasteiger partial charge in [-0.3, -0.25) is 4.79 Å². The molecule has 0 atom stereocenters. The lowest BCUT2D eigenvalue weighted by Gasteiger charge is -2.18. The predicted molar refractivity (Wildman–Crippen MR) is 91.2 cm³/mol. The molecule has 0 unspecified atom stereocenters. The Balaban J connectivity index is 2.19. The number of carbonyl (C=O) groups is 1. The van der Waals surface area contributed by atoms with E-state index in [1.165, 1.54) is 12.1 Å². The van der Waals surface area contributed by atoms with Crippen molar-refractivity contribution in [2.24, 2.45) is 0 Å². The van der Waals surface area contributed by atoms with Crippen molar-refractivity contribution >= 4 is 44.8 Å². The van der Waals surface area contributed by atoms with Gasteiger partial charge in [0.05, 0.1) is 17.3 Å². The molecule has 0 fully saturated rings. The van der Waals surface area contributed by atoms with Crippen molar-refractivity contribution in [3.8, 4) is 0 Å². The van der Waals surface area contributed by atoms with Gasteiger partial charge in [-0.15, -0.1) is 0 Å². The monoisotopic (exact) mass is 426 g/mol. The first-order valence-electron chi connectivity index (χ1n) is 6.88. The van der Waals surface area contributed by atoms with Crippen molar-refractivity contribution < 1.29 is 26.4 Å². The first-order valence-corrected chi connectivity index (χ1v) is 9.08. The van der Waals surface area contributed by atoms with E-state index < -0.39 is 45.6 Å². The second kappa shape index (κ2) is 7.83. The minimum absolute atomic E-state index is 0.103.